The lowest BCUT2D eigenvalue weighted by molar-refractivity contribution is -0.155. The highest BCUT2D eigenvalue weighted by molar-refractivity contribution is 5.99. The lowest BCUT2D eigenvalue weighted by Gasteiger charge is -2.46. The number of nitrogens with one attached hydrogen (secondary N) is 1. The Hall–Kier alpha value is -1.06. The lowest BCUT2D eigenvalue weighted by atomic mass is 9.79. The first-order chi connectivity index (χ1) is 8.55. The first-order valence-corrected chi connectivity index (χ1v) is 7.18. The molecular weight excluding hydrogens is 240 g/mol. The number of hydrogen-bond donors (Lipinski definition) is 1. The molecule has 1 aliphatic rings. The summed E-state index contributed by atoms with van der Waals surface area (Å²) in [4.78, 5) is 26.5. The molecule has 0 aromatic heterocycles. The smallest absolute Gasteiger partial charge is 0.248 e. The van der Waals surface area contributed by atoms with Crippen LogP contribution < -0.4 is 5.32 Å². The standard InChI is InChI=1S/C15H28N2O2/c1-8-15(7)13(19)17(11(4)12(18)16-15)9-14(5,6)10(2)3/h10-11H,8-9H2,1-7H3,(H,16,18). The molecule has 0 aliphatic carbocycles. The molecule has 110 valence electrons. The molecule has 4 heteroatoms. The largest absolute Gasteiger partial charge is 0.340 e. The average Bonchev–Trinajstić information content (AvgIpc) is 2.32. The Kier molecular flexibility index (Phi) is 4.33. The van der Waals surface area contributed by atoms with Gasteiger partial charge < -0.3 is 10.2 Å². The molecule has 1 rings (SSSR count). The third-order valence-electron chi connectivity index (χ3n) is 4.83. The van der Waals surface area contributed by atoms with Crippen LogP contribution in [0.25, 0.3) is 0 Å². The summed E-state index contributed by atoms with van der Waals surface area (Å²) in [6.07, 6.45) is 0.614. The molecule has 0 bridgehead atoms. The van der Waals surface area contributed by atoms with Gasteiger partial charge in [-0.2, -0.15) is 0 Å². The van der Waals surface area contributed by atoms with Gasteiger partial charge in [-0.3, -0.25) is 9.59 Å². The maximum Gasteiger partial charge on any atom is 0.248 e. The van der Waals surface area contributed by atoms with Crippen molar-refractivity contribution in [1.29, 1.82) is 0 Å². The van der Waals surface area contributed by atoms with E-state index in [1.165, 1.54) is 0 Å². The van der Waals surface area contributed by atoms with Crippen molar-refractivity contribution in [1.82, 2.24) is 10.2 Å². The summed E-state index contributed by atoms with van der Waals surface area (Å²) in [6.45, 7) is 14.8. The van der Waals surface area contributed by atoms with Crippen LogP contribution in [-0.2, 0) is 9.59 Å². The first-order valence-electron chi connectivity index (χ1n) is 7.18. The fourth-order valence-corrected chi connectivity index (χ4v) is 2.13. The minimum Gasteiger partial charge on any atom is -0.340 e. The van der Waals surface area contributed by atoms with Gasteiger partial charge in [0.15, 0.2) is 0 Å². The predicted molar refractivity (Wildman–Crippen MR) is 76.6 cm³/mol. The molecule has 2 atom stereocenters. The normalized spacial score (nSPS) is 28.8. The van der Waals surface area contributed by atoms with Gasteiger partial charge in [-0.05, 0) is 31.6 Å². The molecule has 0 aromatic rings. The van der Waals surface area contributed by atoms with Gasteiger partial charge in [0.2, 0.25) is 11.8 Å². The van der Waals surface area contributed by atoms with Crippen LogP contribution >= 0.6 is 0 Å². The van der Waals surface area contributed by atoms with E-state index in [4.69, 9.17) is 0 Å². The van der Waals surface area contributed by atoms with Gasteiger partial charge in [0.25, 0.3) is 0 Å². The number of rotatable bonds is 4. The number of hydrogen-bond acceptors (Lipinski definition) is 2. The second-order valence-corrected chi connectivity index (χ2v) is 6.93. The van der Waals surface area contributed by atoms with Crippen LogP contribution in [0.1, 0.15) is 54.9 Å². The summed E-state index contributed by atoms with van der Waals surface area (Å²) in [5, 5.41) is 2.86. The molecule has 0 spiro atoms. The van der Waals surface area contributed by atoms with Crippen molar-refractivity contribution < 1.29 is 9.59 Å². The highest BCUT2D eigenvalue weighted by Gasteiger charge is 2.46. The van der Waals surface area contributed by atoms with E-state index in [-0.39, 0.29) is 23.3 Å². The summed E-state index contributed by atoms with van der Waals surface area (Å²) in [5.74, 6) is 0.435. The number of carbonyl (C=O) groups is 2. The quantitative estimate of drug-likeness (QED) is 0.849. The monoisotopic (exact) mass is 268 g/mol. The van der Waals surface area contributed by atoms with Crippen molar-refractivity contribution >= 4 is 11.8 Å². The molecule has 1 aliphatic heterocycles. The fourth-order valence-electron chi connectivity index (χ4n) is 2.13. The van der Waals surface area contributed by atoms with Crippen LogP contribution in [0.4, 0.5) is 0 Å². The molecule has 1 fully saturated rings. The third kappa shape index (κ3) is 2.93. The number of nitrogens with zero attached hydrogens (tertiary/aromatic N) is 1. The zero-order valence-electron chi connectivity index (χ0n) is 13.3. The second kappa shape index (κ2) is 5.14. The van der Waals surface area contributed by atoms with Gasteiger partial charge in [0.1, 0.15) is 11.6 Å². The zero-order chi connectivity index (χ0) is 15.0. The highest BCUT2D eigenvalue weighted by atomic mass is 16.2. The number of piperazine rings is 1. The Morgan fingerprint density at radius 3 is 2.32 bits per heavy atom. The van der Waals surface area contributed by atoms with Crippen molar-refractivity contribution in [3.05, 3.63) is 0 Å². The summed E-state index contributed by atoms with van der Waals surface area (Å²) in [6, 6.07) is -0.384. The van der Waals surface area contributed by atoms with Crippen molar-refractivity contribution in [3.8, 4) is 0 Å². The molecule has 19 heavy (non-hydrogen) atoms. The molecule has 1 saturated heterocycles. The van der Waals surface area contributed by atoms with E-state index in [1.54, 1.807) is 11.8 Å². The number of amides is 2. The van der Waals surface area contributed by atoms with Crippen LogP contribution in [0.2, 0.25) is 0 Å². The van der Waals surface area contributed by atoms with Gasteiger partial charge in [-0.25, -0.2) is 0 Å². The maximum absolute atomic E-state index is 12.6. The van der Waals surface area contributed by atoms with E-state index < -0.39 is 5.54 Å². The molecule has 1 N–H and O–H groups in total. The topological polar surface area (TPSA) is 49.4 Å². The molecule has 4 nitrogen and oxygen atoms in total. The van der Waals surface area contributed by atoms with Gasteiger partial charge in [0.05, 0.1) is 0 Å². The van der Waals surface area contributed by atoms with E-state index in [0.717, 1.165) is 0 Å². The van der Waals surface area contributed by atoms with Gasteiger partial charge >= 0.3 is 0 Å². The molecule has 1 heterocycles. The van der Waals surface area contributed by atoms with Crippen LogP contribution in [0.15, 0.2) is 0 Å². The molecule has 0 radical (unpaired) electrons. The molecular formula is C15H28N2O2. The second-order valence-electron chi connectivity index (χ2n) is 6.93. The van der Waals surface area contributed by atoms with Crippen molar-refractivity contribution in [3.63, 3.8) is 0 Å². The maximum atomic E-state index is 12.6. The summed E-state index contributed by atoms with van der Waals surface area (Å²) >= 11 is 0. The van der Waals surface area contributed by atoms with Crippen molar-refractivity contribution in [2.24, 2.45) is 11.3 Å². The van der Waals surface area contributed by atoms with Crippen LogP contribution in [0.5, 0.6) is 0 Å². The SMILES string of the molecule is CCC1(C)NC(=O)C(C)N(CC(C)(C)C(C)C)C1=O. The Balaban J connectivity index is 3.03. The Morgan fingerprint density at radius 1 is 1.37 bits per heavy atom. The average molecular weight is 268 g/mol. The Morgan fingerprint density at radius 2 is 1.89 bits per heavy atom. The lowest BCUT2D eigenvalue weighted by Crippen LogP contribution is -2.69. The fraction of sp³-hybridized carbons (Fsp3) is 0.867. The molecule has 2 amide bonds. The van der Waals surface area contributed by atoms with Crippen LogP contribution in [0.3, 0.4) is 0 Å². The number of carbonyl (C=O) groups excluding carboxylic acids is 2. The van der Waals surface area contributed by atoms with E-state index in [1.807, 2.05) is 13.8 Å². The van der Waals surface area contributed by atoms with Crippen molar-refractivity contribution in [2.75, 3.05) is 6.54 Å². The van der Waals surface area contributed by atoms with E-state index in [0.29, 0.717) is 18.9 Å². The highest BCUT2D eigenvalue weighted by Crippen LogP contribution is 2.31. The Bertz CT molecular complexity index is 376. The minimum absolute atomic E-state index is 0.00378. The van der Waals surface area contributed by atoms with E-state index >= 15 is 0 Å². The van der Waals surface area contributed by atoms with Crippen molar-refractivity contribution in [2.45, 2.75) is 66.5 Å². The van der Waals surface area contributed by atoms with Gasteiger partial charge in [-0.1, -0.05) is 34.6 Å². The van der Waals surface area contributed by atoms with Gasteiger partial charge in [-0.15, -0.1) is 0 Å². The summed E-state index contributed by atoms with van der Waals surface area (Å²) in [5.41, 5.74) is -0.757. The zero-order valence-corrected chi connectivity index (χ0v) is 13.3. The summed E-state index contributed by atoms with van der Waals surface area (Å²) in [7, 11) is 0. The molecule has 2 unspecified atom stereocenters. The first kappa shape index (κ1) is 16.0. The minimum atomic E-state index is -0.753. The third-order valence-corrected chi connectivity index (χ3v) is 4.83. The van der Waals surface area contributed by atoms with E-state index in [9.17, 15) is 9.59 Å². The van der Waals surface area contributed by atoms with Crippen LogP contribution in [0, 0.1) is 11.3 Å². The predicted octanol–water partition coefficient (Wildman–Crippen LogP) is 2.18. The Labute approximate surface area is 116 Å². The van der Waals surface area contributed by atoms with Gasteiger partial charge in [0, 0.05) is 6.54 Å². The molecule has 0 saturated carbocycles. The summed E-state index contributed by atoms with van der Waals surface area (Å²) < 4.78 is 0. The molecule has 0 aromatic carbocycles. The van der Waals surface area contributed by atoms with E-state index in [2.05, 4.69) is 33.0 Å². The van der Waals surface area contributed by atoms with Crippen LogP contribution in [-0.4, -0.2) is 34.8 Å².